The number of nitrogens with zero attached hydrogens (tertiary/aromatic N) is 2. The van der Waals surface area contributed by atoms with Crippen LogP contribution in [0.5, 0.6) is 0 Å². The van der Waals surface area contributed by atoms with Crippen molar-refractivity contribution in [3.8, 4) is 6.07 Å². The highest BCUT2D eigenvalue weighted by atomic mass is 35.5. The monoisotopic (exact) mass is 438 g/mol. The summed E-state index contributed by atoms with van der Waals surface area (Å²) in [6.07, 6.45) is 1.64. The van der Waals surface area contributed by atoms with Gasteiger partial charge in [-0.25, -0.2) is 10.9 Å². The second-order valence-corrected chi connectivity index (χ2v) is 8.11. The summed E-state index contributed by atoms with van der Waals surface area (Å²) >= 11 is 5.98. The summed E-state index contributed by atoms with van der Waals surface area (Å²) in [6.45, 7) is 4.94. The number of hydrogen-bond acceptors (Lipinski definition) is 4. The van der Waals surface area contributed by atoms with Gasteiger partial charge in [-0.2, -0.15) is 10.3 Å². The number of nitrogens with one attached hydrogen (secondary N) is 4. The van der Waals surface area contributed by atoms with Crippen molar-refractivity contribution in [3.05, 3.63) is 70.2 Å². The van der Waals surface area contributed by atoms with Gasteiger partial charge in [0.05, 0.1) is 17.8 Å². The van der Waals surface area contributed by atoms with Crippen LogP contribution in [-0.4, -0.2) is 24.6 Å². The first kappa shape index (κ1) is 22.8. The van der Waals surface area contributed by atoms with Crippen molar-refractivity contribution in [2.45, 2.75) is 38.9 Å². The van der Waals surface area contributed by atoms with Gasteiger partial charge in [0, 0.05) is 29.6 Å². The fourth-order valence-electron chi connectivity index (χ4n) is 3.16. The number of guanidine groups is 1. The molecule has 0 spiro atoms. The van der Waals surface area contributed by atoms with Crippen LogP contribution in [0, 0.1) is 17.2 Å². The lowest BCUT2D eigenvalue weighted by atomic mass is 10.0. The molecule has 1 heterocycles. The van der Waals surface area contributed by atoms with Gasteiger partial charge in [0.25, 0.3) is 5.91 Å². The molecule has 8 heteroatoms. The molecular formula is C23H27ClN6O. The predicted molar refractivity (Wildman–Crippen MR) is 122 cm³/mol. The minimum atomic E-state index is -0.406. The first-order valence-corrected chi connectivity index (χ1v) is 10.8. The average Bonchev–Trinajstić information content (AvgIpc) is 3.26. The quantitative estimate of drug-likeness (QED) is 0.406. The van der Waals surface area contributed by atoms with E-state index in [0.29, 0.717) is 34.6 Å². The summed E-state index contributed by atoms with van der Waals surface area (Å²) in [4.78, 5) is 17.0. The van der Waals surface area contributed by atoms with Crippen molar-refractivity contribution in [3.63, 3.8) is 0 Å². The Hall–Kier alpha value is -2.92. The lowest BCUT2D eigenvalue weighted by molar-refractivity contribution is 0.100. The second-order valence-electron chi connectivity index (χ2n) is 7.68. The maximum Gasteiger partial charge on any atom is 0.280 e. The van der Waals surface area contributed by atoms with E-state index >= 15 is 0 Å². The molecule has 3 unspecified atom stereocenters. The van der Waals surface area contributed by atoms with Gasteiger partial charge in [-0.3, -0.25) is 4.79 Å². The summed E-state index contributed by atoms with van der Waals surface area (Å²) < 4.78 is 0. The second kappa shape index (κ2) is 10.9. The van der Waals surface area contributed by atoms with Crippen LogP contribution in [0.2, 0.25) is 5.02 Å². The molecule has 2 aromatic rings. The number of halogens is 1. The Morgan fingerprint density at radius 1 is 1.29 bits per heavy atom. The van der Waals surface area contributed by atoms with Crippen LogP contribution in [0.1, 0.15) is 54.2 Å². The molecule has 0 saturated carbocycles. The summed E-state index contributed by atoms with van der Waals surface area (Å²) in [6, 6.07) is 16.4. The van der Waals surface area contributed by atoms with Crippen LogP contribution < -0.4 is 21.5 Å². The van der Waals surface area contributed by atoms with E-state index in [4.69, 9.17) is 16.9 Å². The third-order valence-electron chi connectivity index (χ3n) is 5.25. The van der Waals surface area contributed by atoms with Crippen LogP contribution >= 0.6 is 11.6 Å². The number of hydrazine groups is 1. The number of benzene rings is 2. The molecular weight excluding hydrogens is 412 g/mol. The van der Waals surface area contributed by atoms with Gasteiger partial charge in [-0.15, -0.1) is 0 Å². The van der Waals surface area contributed by atoms with E-state index in [2.05, 4.69) is 40.3 Å². The normalized spacial score (nSPS) is 19.5. The first-order chi connectivity index (χ1) is 15.0. The Labute approximate surface area is 187 Å². The molecule has 1 fully saturated rings. The van der Waals surface area contributed by atoms with E-state index < -0.39 is 5.91 Å². The first-order valence-electron chi connectivity index (χ1n) is 10.4. The minimum Gasteiger partial charge on any atom is -0.356 e. The Balaban J connectivity index is 1.71. The number of hydrogen-bond donors (Lipinski definition) is 4. The zero-order valence-electron chi connectivity index (χ0n) is 17.7. The topological polar surface area (TPSA) is 101 Å². The molecule has 0 bridgehead atoms. The molecule has 1 aliphatic heterocycles. The van der Waals surface area contributed by atoms with Crippen molar-refractivity contribution >= 4 is 23.5 Å². The zero-order chi connectivity index (χ0) is 22.2. The Bertz CT molecular complexity index is 969. The summed E-state index contributed by atoms with van der Waals surface area (Å²) in [5.74, 6) is 0.431. The number of rotatable bonds is 6. The van der Waals surface area contributed by atoms with Crippen molar-refractivity contribution < 1.29 is 4.79 Å². The smallest absolute Gasteiger partial charge is 0.280 e. The third-order valence-corrected chi connectivity index (χ3v) is 5.51. The number of carbonyl (C=O) groups excluding carboxylic acids is 1. The highest BCUT2D eigenvalue weighted by molar-refractivity contribution is 6.30. The lowest BCUT2D eigenvalue weighted by Crippen LogP contribution is -2.50. The highest BCUT2D eigenvalue weighted by Crippen LogP contribution is 2.22. The molecule has 1 amide bonds. The van der Waals surface area contributed by atoms with Gasteiger partial charge in [-0.05, 0) is 41.8 Å². The molecule has 1 aliphatic rings. The highest BCUT2D eigenvalue weighted by Gasteiger charge is 2.26. The average molecular weight is 439 g/mol. The Morgan fingerprint density at radius 3 is 2.77 bits per heavy atom. The molecule has 0 radical (unpaired) electrons. The van der Waals surface area contributed by atoms with E-state index in [1.807, 2.05) is 30.3 Å². The van der Waals surface area contributed by atoms with E-state index in [-0.39, 0.29) is 12.2 Å². The van der Waals surface area contributed by atoms with Gasteiger partial charge in [0.2, 0.25) is 5.96 Å². The molecule has 1 saturated heterocycles. The largest absolute Gasteiger partial charge is 0.356 e. The summed E-state index contributed by atoms with van der Waals surface area (Å²) in [5.41, 5.74) is 8.40. The molecule has 3 rings (SSSR count). The maximum atomic E-state index is 12.7. The van der Waals surface area contributed by atoms with Crippen LogP contribution in [0.3, 0.4) is 0 Å². The summed E-state index contributed by atoms with van der Waals surface area (Å²) in [7, 11) is 0. The lowest BCUT2D eigenvalue weighted by Gasteiger charge is -2.19. The van der Waals surface area contributed by atoms with Crippen molar-refractivity contribution in [1.82, 2.24) is 21.5 Å². The van der Waals surface area contributed by atoms with Crippen LogP contribution in [0.4, 0.5) is 0 Å². The number of amides is 1. The molecule has 0 aromatic heterocycles. The van der Waals surface area contributed by atoms with Crippen LogP contribution in [-0.2, 0) is 0 Å². The molecule has 31 heavy (non-hydrogen) atoms. The van der Waals surface area contributed by atoms with Gasteiger partial charge < -0.3 is 10.6 Å². The van der Waals surface area contributed by atoms with E-state index in [0.717, 1.165) is 18.4 Å². The number of aliphatic imine (C=N–C) groups is 1. The SMILES string of the molecule is CCC(C)CN/C(=N/C(=O)c1cccc(C#N)c1)NC1CC(c2ccc(Cl)cc2)NN1. The maximum absolute atomic E-state index is 12.7. The van der Waals surface area contributed by atoms with Crippen molar-refractivity contribution in [2.75, 3.05) is 6.54 Å². The fourth-order valence-corrected chi connectivity index (χ4v) is 3.28. The van der Waals surface area contributed by atoms with E-state index in [9.17, 15) is 4.79 Å². The van der Waals surface area contributed by atoms with Gasteiger partial charge >= 0.3 is 0 Å². The number of nitriles is 1. The molecule has 162 valence electrons. The molecule has 2 aromatic carbocycles. The molecule has 4 N–H and O–H groups in total. The minimum absolute atomic E-state index is 0.105. The van der Waals surface area contributed by atoms with E-state index in [1.54, 1.807) is 24.3 Å². The molecule has 0 aliphatic carbocycles. The van der Waals surface area contributed by atoms with Crippen LogP contribution in [0.25, 0.3) is 0 Å². The van der Waals surface area contributed by atoms with Gasteiger partial charge in [0.15, 0.2) is 0 Å². The Morgan fingerprint density at radius 2 is 2.06 bits per heavy atom. The van der Waals surface area contributed by atoms with Crippen molar-refractivity contribution in [1.29, 1.82) is 5.26 Å². The fraction of sp³-hybridized carbons (Fsp3) is 0.348. The standard InChI is InChI=1S/C23H27ClN6O/c1-3-15(2)14-26-23(28-22(31)18-6-4-5-16(11-18)13-25)27-21-12-20(29-30-21)17-7-9-19(24)10-8-17/h4-11,15,20-21,29-30H,3,12,14H2,1-2H3,(H2,26,27,28,31). The summed E-state index contributed by atoms with van der Waals surface area (Å²) in [5, 5.41) is 16.3. The zero-order valence-corrected chi connectivity index (χ0v) is 18.4. The predicted octanol–water partition coefficient (Wildman–Crippen LogP) is 3.50. The van der Waals surface area contributed by atoms with Crippen LogP contribution in [0.15, 0.2) is 53.5 Å². The van der Waals surface area contributed by atoms with E-state index in [1.165, 1.54) is 0 Å². The van der Waals surface area contributed by atoms with Crippen molar-refractivity contribution in [2.24, 2.45) is 10.9 Å². The van der Waals surface area contributed by atoms with Gasteiger partial charge in [0.1, 0.15) is 0 Å². The van der Waals surface area contributed by atoms with Gasteiger partial charge in [-0.1, -0.05) is 50.1 Å². The number of carbonyl (C=O) groups is 1. The third kappa shape index (κ3) is 6.53. The molecule has 7 nitrogen and oxygen atoms in total. The Kier molecular flexibility index (Phi) is 8.01. The molecule has 3 atom stereocenters.